The van der Waals surface area contributed by atoms with E-state index in [-0.39, 0.29) is 5.97 Å². The molecule has 0 saturated heterocycles. The summed E-state index contributed by atoms with van der Waals surface area (Å²) in [5, 5.41) is 0. The molecule has 0 amide bonds. The van der Waals surface area contributed by atoms with E-state index in [4.69, 9.17) is 0 Å². The van der Waals surface area contributed by atoms with Crippen LogP contribution >= 0.6 is 0 Å². The van der Waals surface area contributed by atoms with Gasteiger partial charge in [0, 0.05) is 6.32 Å². The van der Waals surface area contributed by atoms with E-state index in [1.807, 2.05) is 6.82 Å². The van der Waals surface area contributed by atoms with Crippen molar-refractivity contribution in [2.45, 2.75) is 13.1 Å². The van der Waals surface area contributed by atoms with Crippen LogP contribution in [-0.2, 0) is 9.53 Å². The van der Waals surface area contributed by atoms with E-state index in [1.54, 1.807) is 7.28 Å². The second-order valence-electron chi connectivity index (χ2n) is 1.19. The van der Waals surface area contributed by atoms with Crippen molar-refractivity contribution in [3.8, 4) is 0 Å². The van der Waals surface area contributed by atoms with Crippen LogP contribution in [0.25, 0.3) is 0 Å². The molecular weight excluding hydrogens is 90.9 g/mol. The van der Waals surface area contributed by atoms with Crippen LogP contribution in [0.1, 0.15) is 0 Å². The van der Waals surface area contributed by atoms with Crippen molar-refractivity contribution in [1.29, 1.82) is 0 Å². The fourth-order valence-corrected chi connectivity index (χ4v) is 0.250. The van der Waals surface area contributed by atoms with Crippen LogP contribution in [0.15, 0.2) is 0 Å². The molecule has 39 valence electrons. The van der Waals surface area contributed by atoms with Gasteiger partial charge in [-0.1, -0.05) is 6.82 Å². The number of carbonyl (C=O) groups excluding carboxylic acids is 1. The topological polar surface area (TPSA) is 26.3 Å². The first-order valence-corrected chi connectivity index (χ1v) is 2.16. The average Bonchev–Trinajstić information content (AvgIpc) is 1.68. The Kier molecular flexibility index (Phi) is 3.47. The zero-order chi connectivity index (χ0) is 5.70. The molecule has 0 fully saturated rings. The maximum atomic E-state index is 10.2. The number of rotatable bonds is 2. The lowest BCUT2D eigenvalue weighted by molar-refractivity contribution is -0.137. The molecule has 0 aliphatic rings. The number of hydrogen-bond donors (Lipinski definition) is 0. The lowest BCUT2D eigenvalue weighted by Gasteiger charge is -1.90. The molecule has 0 aromatic carbocycles. The number of hydrogen-bond acceptors (Lipinski definition) is 2. The van der Waals surface area contributed by atoms with Gasteiger partial charge in [0.15, 0.2) is 0 Å². The Balaban J connectivity index is 3.00. The second kappa shape index (κ2) is 3.72. The summed E-state index contributed by atoms with van der Waals surface area (Å²) in [6.07, 6.45) is 0.413. The highest BCUT2D eigenvalue weighted by Crippen LogP contribution is 1.80. The number of esters is 1. The standard InChI is InChI=1S/C4H8BO2/c1-5-3-4(6)7-2/h3H2,1-2H3. The molecule has 0 spiro atoms. The molecule has 0 aliphatic heterocycles. The van der Waals surface area contributed by atoms with Crippen molar-refractivity contribution < 1.29 is 9.53 Å². The summed E-state index contributed by atoms with van der Waals surface area (Å²) in [6.45, 7) is 1.82. The van der Waals surface area contributed by atoms with Gasteiger partial charge >= 0.3 is 0 Å². The highest BCUT2D eigenvalue weighted by molar-refractivity contribution is 6.39. The van der Waals surface area contributed by atoms with Gasteiger partial charge in [-0.05, 0) is 0 Å². The summed E-state index contributed by atoms with van der Waals surface area (Å²) in [6, 6.07) is 0. The Bertz CT molecular complexity index is 62.7. The highest BCUT2D eigenvalue weighted by atomic mass is 16.5. The van der Waals surface area contributed by atoms with Gasteiger partial charge in [-0.2, -0.15) is 0 Å². The Morgan fingerprint density at radius 3 is 2.57 bits per heavy atom. The van der Waals surface area contributed by atoms with Gasteiger partial charge in [-0.25, -0.2) is 0 Å². The summed E-state index contributed by atoms with van der Waals surface area (Å²) < 4.78 is 4.32. The first-order valence-electron chi connectivity index (χ1n) is 2.16. The van der Waals surface area contributed by atoms with Gasteiger partial charge < -0.3 is 4.74 Å². The van der Waals surface area contributed by atoms with Gasteiger partial charge in [0.05, 0.1) is 7.11 Å². The van der Waals surface area contributed by atoms with Gasteiger partial charge in [0.25, 0.3) is 5.97 Å². The zero-order valence-corrected chi connectivity index (χ0v) is 4.60. The monoisotopic (exact) mass is 99.1 g/mol. The summed E-state index contributed by atoms with van der Waals surface area (Å²) in [5.74, 6) is -0.178. The van der Waals surface area contributed by atoms with Crippen LogP contribution < -0.4 is 0 Å². The molecule has 0 saturated carbocycles. The largest absolute Gasteiger partial charge is 0.470 e. The van der Waals surface area contributed by atoms with Crippen molar-refractivity contribution in [2.75, 3.05) is 7.11 Å². The predicted molar refractivity (Wildman–Crippen MR) is 28.4 cm³/mol. The molecule has 0 N–H and O–H groups in total. The van der Waals surface area contributed by atoms with Crippen LogP contribution in [-0.4, -0.2) is 20.4 Å². The van der Waals surface area contributed by atoms with Crippen molar-refractivity contribution in [1.82, 2.24) is 0 Å². The normalized spacial score (nSPS) is 7.71. The second-order valence-corrected chi connectivity index (χ2v) is 1.19. The molecule has 0 unspecified atom stereocenters. The minimum atomic E-state index is -0.178. The summed E-state index contributed by atoms with van der Waals surface area (Å²) in [5.41, 5.74) is 0. The number of ether oxygens (including phenoxy) is 1. The zero-order valence-electron chi connectivity index (χ0n) is 4.60. The van der Waals surface area contributed by atoms with Crippen molar-refractivity contribution in [3.63, 3.8) is 0 Å². The molecule has 3 heteroatoms. The first kappa shape index (κ1) is 6.53. The van der Waals surface area contributed by atoms with E-state index in [9.17, 15) is 4.79 Å². The molecule has 0 aliphatic carbocycles. The van der Waals surface area contributed by atoms with E-state index in [2.05, 4.69) is 4.74 Å². The Labute approximate surface area is 44.1 Å². The average molecular weight is 98.9 g/mol. The Hall–Kier alpha value is -0.465. The van der Waals surface area contributed by atoms with Gasteiger partial charge in [-0.3, -0.25) is 4.79 Å². The molecule has 7 heavy (non-hydrogen) atoms. The van der Waals surface area contributed by atoms with E-state index >= 15 is 0 Å². The molecule has 2 nitrogen and oxygen atoms in total. The van der Waals surface area contributed by atoms with Gasteiger partial charge in [0.2, 0.25) is 0 Å². The van der Waals surface area contributed by atoms with E-state index in [1.165, 1.54) is 7.11 Å². The van der Waals surface area contributed by atoms with Crippen molar-refractivity contribution in [2.24, 2.45) is 0 Å². The number of methoxy groups -OCH3 is 1. The molecular formula is C4H8BO2. The third-order valence-electron chi connectivity index (χ3n) is 0.598. The SMILES string of the molecule is C[B]CC(=O)OC. The predicted octanol–water partition coefficient (Wildman–Crippen LogP) is 0.330. The fraction of sp³-hybridized carbons (Fsp3) is 0.750. The molecule has 0 bridgehead atoms. The van der Waals surface area contributed by atoms with E-state index < -0.39 is 0 Å². The minimum absolute atomic E-state index is 0.178. The van der Waals surface area contributed by atoms with E-state index in [0.29, 0.717) is 6.32 Å². The van der Waals surface area contributed by atoms with Crippen LogP contribution in [0, 0.1) is 0 Å². The van der Waals surface area contributed by atoms with Crippen LogP contribution in [0.4, 0.5) is 0 Å². The molecule has 0 atom stereocenters. The number of carbonyl (C=O) groups is 1. The Morgan fingerprint density at radius 2 is 2.43 bits per heavy atom. The minimum Gasteiger partial charge on any atom is -0.470 e. The molecule has 1 radical (unpaired) electrons. The molecule has 0 rings (SSSR count). The third-order valence-corrected chi connectivity index (χ3v) is 0.598. The molecule has 0 heterocycles. The fourth-order valence-electron chi connectivity index (χ4n) is 0.250. The van der Waals surface area contributed by atoms with E-state index in [0.717, 1.165) is 0 Å². The van der Waals surface area contributed by atoms with Crippen LogP contribution in [0.5, 0.6) is 0 Å². The smallest absolute Gasteiger partial charge is 0.297 e. The van der Waals surface area contributed by atoms with Crippen molar-refractivity contribution in [3.05, 3.63) is 0 Å². The lowest BCUT2D eigenvalue weighted by atomic mass is 9.78. The summed E-state index contributed by atoms with van der Waals surface area (Å²) >= 11 is 0. The van der Waals surface area contributed by atoms with Gasteiger partial charge in [-0.15, -0.1) is 0 Å². The molecule has 0 aromatic rings. The lowest BCUT2D eigenvalue weighted by Crippen LogP contribution is -2.00. The summed E-state index contributed by atoms with van der Waals surface area (Å²) in [4.78, 5) is 10.2. The first-order chi connectivity index (χ1) is 3.31. The maximum absolute atomic E-state index is 10.2. The van der Waals surface area contributed by atoms with Crippen molar-refractivity contribution >= 4 is 13.2 Å². The third kappa shape index (κ3) is 3.36. The maximum Gasteiger partial charge on any atom is 0.297 e. The summed E-state index contributed by atoms with van der Waals surface area (Å²) in [7, 11) is 3.14. The highest BCUT2D eigenvalue weighted by Gasteiger charge is 1.93. The molecule has 0 aromatic heterocycles. The van der Waals surface area contributed by atoms with Crippen LogP contribution in [0.3, 0.4) is 0 Å². The quantitative estimate of drug-likeness (QED) is 0.368. The van der Waals surface area contributed by atoms with Gasteiger partial charge in [0.1, 0.15) is 7.28 Å². The van der Waals surface area contributed by atoms with Crippen LogP contribution in [0.2, 0.25) is 13.1 Å². The Morgan fingerprint density at radius 1 is 1.86 bits per heavy atom.